The molecule has 2 rings (SSSR count). The van der Waals surface area contributed by atoms with Gasteiger partial charge >= 0.3 is 5.97 Å². The van der Waals surface area contributed by atoms with Crippen LogP contribution in [0.1, 0.15) is 10.4 Å². The lowest BCUT2D eigenvalue weighted by atomic mass is 10.2. The molecule has 0 fully saturated rings. The number of rotatable bonds is 1. The SMILES string of the molecule is COC(=O)c1cc(Br)c2[nH]c(=S)[nH]c2c1. The first-order valence-corrected chi connectivity index (χ1v) is 5.32. The summed E-state index contributed by atoms with van der Waals surface area (Å²) in [5.41, 5.74) is 2.09. The first-order chi connectivity index (χ1) is 7.11. The number of fused-ring (bicyclic) bond motifs is 1. The maximum atomic E-state index is 11.3. The minimum Gasteiger partial charge on any atom is -0.465 e. The number of benzene rings is 1. The maximum Gasteiger partial charge on any atom is 0.337 e. The smallest absolute Gasteiger partial charge is 0.337 e. The fourth-order valence-corrected chi connectivity index (χ4v) is 2.11. The number of halogens is 1. The molecule has 4 nitrogen and oxygen atoms in total. The predicted molar refractivity (Wildman–Crippen MR) is 62.5 cm³/mol. The van der Waals surface area contributed by atoms with Gasteiger partial charge in [-0.05, 0) is 40.3 Å². The molecule has 2 N–H and O–H groups in total. The highest BCUT2D eigenvalue weighted by Crippen LogP contribution is 2.23. The van der Waals surface area contributed by atoms with Crippen LogP contribution in [0.15, 0.2) is 16.6 Å². The second kappa shape index (κ2) is 3.79. The van der Waals surface area contributed by atoms with Gasteiger partial charge in [-0.15, -0.1) is 0 Å². The zero-order valence-corrected chi connectivity index (χ0v) is 10.2. The van der Waals surface area contributed by atoms with Crippen molar-refractivity contribution < 1.29 is 9.53 Å². The summed E-state index contributed by atoms with van der Waals surface area (Å²) in [7, 11) is 1.35. The van der Waals surface area contributed by atoms with E-state index in [1.165, 1.54) is 7.11 Å². The van der Waals surface area contributed by atoms with Crippen molar-refractivity contribution in [1.29, 1.82) is 0 Å². The molecule has 78 valence electrons. The molecule has 2 aromatic rings. The lowest BCUT2D eigenvalue weighted by molar-refractivity contribution is 0.0601. The minimum atomic E-state index is -0.377. The molecule has 0 aliphatic carbocycles. The van der Waals surface area contributed by atoms with Crippen molar-refractivity contribution in [2.75, 3.05) is 7.11 Å². The molecule has 0 atom stereocenters. The first-order valence-electron chi connectivity index (χ1n) is 4.11. The van der Waals surface area contributed by atoms with Crippen molar-refractivity contribution in [3.05, 3.63) is 26.9 Å². The average Bonchev–Trinajstić information content (AvgIpc) is 2.58. The summed E-state index contributed by atoms with van der Waals surface area (Å²) < 4.78 is 5.93. The number of hydrogen-bond acceptors (Lipinski definition) is 3. The van der Waals surface area contributed by atoms with Crippen LogP contribution in [0, 0.1) is 4.77 Å². The molecule has 6 heteroatoms. The quantitative estimate of drug-likeness (QED) is 0.626. The lowest BCUT2D eigenvalue weighted by Crippen LogP contribution is -2.00. The molecule has 1 aromatic heterocycles. The summed E-state index contributed by atoms with van der Waals surface area (Å²) in [4.78, 5) is 17.2. The normalized spacial score (nSPS) is 10.5. The van der Waals surface area contributed by atoms with E-state index >= 15 is 0 Å². The van der Waals surface area contributed by atoms with E-state index in [1.807, 2.05) is 0 Å². The highest BCUT2D eigenvalue weighted by molar-refractivity contribution is 9.10. The van der Waals surface area contributed by atoms with Gasteiger partial charge in [-0.1, -0.05) is 0 Å². The highest BCUT2D eigenvalue weighted by Gasteiger charge is 2.10. The van der Waals surface area contributed by atoms with Crippen molar-refractivity contribution >= 4 is 45.2 Å². The van der Waals surface area contributed by atoms with Gasteiger partial charge in [-0.2, -0.15) is 0 Å². The number of imidazole rings is 1. The molecule has 1 aromatic carbocycles. The van der Waals surface area contributed by atoms with Gasteiger partial charge in [-0.25, -0.2) is 4.79 Å². The van der Waals surface area contributed by atoms with E-state index < -0.39 is 0 Å². The van der Waals surface area contributed by atoms with Crippen LogP contribution >= 0.6 is 28.1 Å². The van der Waals surface area contributed by atoms with Crippen molar-refractivity contribution in [3.8, 4) is 0 Å². The molecule has 15 heavy (non-hydrogen) atoms. The predicted octanol–water partition coefficient (Wildman–Crippen LogP) is 2.77. The molecule has 0 aliphatic rings. The molecule has 0 bridgehead atoms. The highest BCUT2D eigenvalue weighted by atomic mass is 79.9. The van der Waals surface area contributed by atoms with Gasteiger partial charge in [0, 0.05) is 4.47 Å². The van der Waals surface area contributed by atoms with E-state index in [9.17, 15) is 4.79 Å². The number of methoxy groups -OCH3 is 1. The van der Waals surface area contributed by atoms with Crippen LogP contribution in [0.3, 0.4) is 0 Å². The third-order valence-corrected chi connectivity index (χ3v) is 2.83. The molecule has 0 saturated carbocycles. The number of carbonyl (C=O) groups is 1. The molecule has 0 spiro atoms. The number of carbonyl (C=O) groups excluding carboxylic acids is 1. The molecule has 0 aliphatic heterocycles. The fourth-order valence-electron chi connectivity index (χ4n) is 1.34. The van der Waals surface area contributed by atoms with Gasteiger partial charge < -0.3 is 14.7 Å². The Morgan fingerprint density at radius 2 is 2.20 bits per heavy atom. The summed E-state index contributed by atoms with van der Waals surface area (Å²) in [5, 5.41) is 0. The molecule has 0 saturated heterocycles. The van der Waals surface area contributed by atoms with Gasteiger partial charge in [0.15, 0.2) is 4.77 Å². The number of ether oxygens (including phenoxy) is 1. The van der Waals surface area contributed by atoms with Gasteiger partial charge in [-0.3, -0.25) is 0 Å². The molecule has 1 heterocycles. The lowest BCUT2D eigenvalue weighted by Gasteiger charge is -2.00. The summed E-state index contributed by atoms with van der Waals surface area (Å²) >= 11 is 8.32. The zero-order valence-electron chi connectivity index (χ0n) is 7.76. The van der Waals surface area contributed by atoms with E-state index in [4.69, 9.17) is 12.2 Å². The van der Waals surface area contributed by atoms with Crippen LogP contribution in [0.5, 0.6) is 0 Å². The number of hydrogen-bond donors (Lipinski definition) is 2. The number of aromatic amines is 2. The van der Waals surface area contributed by atoms with Crippen LogP contribution in [-0.2, 0) is 4.74 Å². The summed E-state index contributed by atoms with van der Waals surface area (Å²) in [6.07, 6.45) is 0. The minimum absolute atomic E-state index is 0.377. The Bertz CT molecular complexity index is 587. The van der Waals surface area contributed by atoms with Crippen molar-refractivity contribution in [2.45, 2.75) is 0 Å². The third-order valence-electron chi connectivity index (χ3n) is 2.00. The fraction of sp³-hybridized carbons (Fsp3) is 0.111. The molecule has 0 unspecified atom stereocenters. The average molecular weight is 287 g/mol. The Morgan fingerprint density at radius 3 is 2.87 bits per heavy atom. The van der Waals surface area contributed by atoms with Crippen LogP contribution in [-0.4, -0.2) is 23.0 Å². The standard InChI is InChI=1S/C9H7BrN2O2S/c1-14-8(13)4-2-5(10)7-6(3-4)11-9(15)12-7/h2-3H,1H3,(H2,11,12,15). The maximum absolute atomic E-state index is 11.3. The van der Waals surface area contributed by atoms with Crippen LogP contribution in [0.2, 0.25) is 0 Å². The Hall–Kier alpha value is -1.14. The summed E-state index contributed by atoms with van der Waals surface area (Å²) in [6, 6.07) is 3.38. The Kier molecular flexibility index (Phi) is 2.62. The van der Waals surface area contributed by atoms with E-state index in [0.717, 1.165) is 15.5 Å². The topological polar surface area (TPSA) is 57.9 Å². The summed E-state index contributed by atoms with van der Waals surface area (Å²) in [6.45, 7) is 0. The summed E-state index contributed by atoms with van der Waals surface area (Å²) in [5.74, 6) is -0.377. The van der Waals surface area contributed by atoms with E-state index in [-0.39, 0.29) is 5.97 Å². The van der Waals surface area contributed by atoms with Gasteiger partial charge in [0.2, 0.25) is 0 Å². The Balaban J connectivity index is 2.71. The van der Waals surface area contributed by atoms with Crippen molar-refractivity contribution in [2.24, 2.45) is 0 Å². The van der Waals surface area contributed by atoms with E-state index in [2.05, 4.69) is 30.6 Å². The van der Waals surface area contributed by atoms with Crippen molar-refractivity contribution in [3.63, 3.8) is 0 Å². The zero-order chi connectivity index (χ0) is 11.0. The number of aromatic nitrogens is 2. The third kappa shape index (κ3) is 1.82. The van der Waals surface area contributed by atoms with Crippen LogP contribution in [0.4, 0.5) is 0 Å². The van der Waals surface area contributed by atoms with Crippen LogP contribution < -0.4 is 0 Å². The number of H-pyrrole nitrogens is 2. The second-order valence-electron chi connectivity index (χ2n) is 2.95. The van der Waals surface area contributed by atoms with Gasteiger partial charge in [0.25, 0.3) is 0 Å². The molecule has 0 radical (unpaired) electrons. The van der Waals surface area contributed by atoms with E-state index in [0.29, 0.717) is 10.3 Å². The largest absolute Gasteiger partial charge is 0.465 e. The van der Waals surface area contributed by atoms with Crippen LogP contribution in [0.25, 0.3) is 11.0 Å². The number of esters is 1. The Morgan fingerprint density at radius 1 is 1.47 bits per heavy atom. The number of nitrogens with one attached hydrogen (secondary N) is 2. The molecule has 0 amide bonds. The molecular formula is C9H7BrN2O2S. The monoisotopic (exact) mass is 286 g/mol. The molecular weight excluding hydrogens is 280 g/mol. The van der Waals surface area contributed by atoms with Gasteiger partial charge in [0.1, 0.15) is 0 Å². The Labute approximate surface area is 98.8 Å². The second-order valence-corrected chi connectivity index (χ2v) is 4.21. The first kappa shape index (κ1) is 10.4. The van der Waals surface area contributed by atoms with E-state index in [1.54, 1.807) is 12.1 Å². The van der Waals surface area contributed by atoms with Gasteiger partial charge in [0.05, 0.1) is 23.7 Å². The van der Waals surface area contributed by atoms with Crippen molar-refractivity contribution in [1.82, 2.24) is 9.97 Å².